The molecule has 0 radical (unpaired) electrons. The molecule has 0 fully saturated rings. The van der Waals surface area contributed by atoms with E-state index in [0.29, 0.717) is 5.82 Å². The first-order chi connectivity index (χ1) is 8.60. The molecule has 0 saturated carbocycles. The SMILES string of the molecule is CCN(CCCN(C)C)c1ncnc(NN)c1C. The van der Waals surface area contributed by atoms with Gasteiger partial charge in [-0.25, -0.2) is 15.8 Å². The molecule has 0 amide bonds. The predicted octanol–water partition coefficient (Wildman–Crippen LogP) is 0.849. The summed E-state index contributed by atoms with van der Waals surface area (Å²) in [6.07, 6.45) is 2.65. The van der Waals surface area contributed by atoms with Crippen molar-refractivity contribution in [3.8, 4) is 0 Å². The molecule has 6 nitrogen and oxygen atoms in total. The number of nitrogens with one attached hydrogen (secondary N) is 1. The van der Waals surface area contributed by atoms with Crippen LogP contribution in [0.4, 0.5) is 11.6 Å². The van der Waals surface area contributed by atoms with Crippen LogP contribution in [0.1, 0.15) is 18.9 Å². The Labute approximate surface area is 109 Å². The lowest BCUT2D eigenvalue weighted by Crippen LogP contribution is -2.29. The van der Waals surface area contributed by atoms with E-state index in [1.54, 1.807) is 6.33 Å². The lowest BCUT2D eigenvalue weighted by Gasteiger charge is -2.24. The molecule has 0 aliphatic carbocycles. The molecular weight excluding hydrogens is 228 g/mol. The second-order valence-electron chi connectivity index (χ2n) is 4.55. The predicted molar refractivity (Wildman–Crippen MR) is 75.6 cm³/mol. The fourth-order valence-electron chi connectivity index (χ4n) is 1.90. The van der Waals surface area contributed by atoms with Gasteiger partial charge in [-0.15, -0.1) is 0 Å². The number of nitrogens with two attached hydrogens (primary N) is 1. The lowest BCUT2D eigenvalue weighted by molar-refractivity contribution is 0.400. The van der Waals surface area contributed by atoms with E-state index in [1.165, 1.54) is 0 Å². The molecule has 0 atom stereocenters. The first-order valence-electron chi connectivity index (χ1n) is 6.28. The molecule has 0 aliphatic rings. The average molecular weight is 252 g/mol. The molecule has 0 bridgehead atoms. The van der Waals surface area contributed by atoms with Crippen molar-refractivity contribution in [1.29, 1.82) is 0 Å². The highest BCUT2D eigenvalue weighted by Crippen LogP contribution is 2.21. The third-order valence-electron chi connectivity index (χ3n) is 2.91. The Morgan fingerprint density at radius 3 is 2.56 bits per heavy atom. The molecule has 0 spiro atoms. The Morgan fingerprint density at radius 1 is 1.28 bits per heavy atom. The summed E-state index contributed by atoms with van der Waals surface area (Å²) in [6, 6.07) is 0. The van der Waals surface area contributed by atoms with E-state index >= 15 is 0 Å². The maximum absolute atomic E-state index is 5.44. The molecule has 102 valence electrons. The first-order valence-corrected chi connectivity index (χ1v) is 6.28. The van der Waals surface area contributed by atoms with Gasteiger partial charge >= 0.3 is 0 Å². The lowest BCUT2D eigenvalue weighted by atomic mass is 10.2. The Balaban J connectivity index is 2.75. The van der Waals surface area contributed by atoms with Crippen LogP contribution in [-0.4, -0.2) is 48.6 Å². The maximum atomic E-state index is 5.44. The summed E-state index contributed by atoms with van der Waals surface area (Å²) in [5.74, 6) is 7.08. The van der Waals surface area contributed by atoms with E-state index < -0.39 is 0 Å². The number of rotatable bonds is 7. The van der Waals surface area contributed by atoms with Crippen LogP contribution in [0.25, 0.3) is 0 Å². The van der Waals surface area contributed by atoms with Crippen molar-refractivity contribution in [1.82, 2.24) is 14.9 Å². The highest BCUT2D eigenvalue weighted by molar-refractivity contribution is 5.57. The van der Waals surface area contributed by atoms with Gasteiger partial charge in [0, 0.05) is 18.7 Å². The highest BCUT2D eigenvalue weighted by Gasteiger charge is 2.12. The van der Waals surface area contributed by atoms with Crippen LogP contribution in [0.5, 0.6) is 0 Å². The third kappa shape index (κ3) is 3.82. The van der Waals surface area contributed by atoms with Crippen molar-refractivity contribution in [2.24, 2.45) is 5.84 Å². The standard InChI is InChI=1S/C12H24N6/c1-5-18(8-6-7-17(3)4)12-10(2)11(16-13)14-9-15-12/h9H,5-8,13H2,1-4H3,(H,14,15,16). The molecule has 0 aromatic carbocycles. The minimum absolute atomic E-state index is 0.686. The Hall–Kier alpha value is -1.40. The van der Waals surface area contributed by atoms with Gasteiger partial charge in [0.2, 0.25) is 0 Å². The summed E-state index contributed by atoms with van der Waals surface area (Å²) in [7, 11) is 4.17. The van der Waals surface area contributed by atoms with Gasteiger partial charge in [0.1, 0.15) is 18.0 Å². The van der Waals surface area contributed by atoms with Gasteiger partial charge in [-0.3, -0.25) is 0 Å². The van der Waals surface area contributed by atoms with Gasteiger partial charge in [-0.05, 0) is 40.9 Å². The Kier molecular flexibility index (Phi) is 5.80. The van der Waals surface area contributed by atoms with E-state index in [1.807, 2.05) is 6.92 Å². The molecule has 18 heavy (non-hydrogen) atoms. The number of hydrazine groups is 1. The molecule has 0 aliphatic heterocycles. The van der Waals surface area contributed by atoms with Crippen LogP contribution in [0.15, 0.2) is 6.33 Å². The van der Waals surface area contributed by atoms with E-state index in [-0.39, 0.29) is 0 Å². The van der Waals surface area contributed by atoms with Gasteiger partial charge in [-0.1, -0.05) is 0 Å². The van der Waals surface area contributed by atoms with Crippen molar-refractivity contribution in [2.45, 2.75) is 20.3 Å². The summed E-state index contributed by atoms with van der Waals surface area (Å²) < 4.78 is 0. The van der Waals surface area contributed by atoms with Crippen LogP contribution < -0.4 is 16.2 Å². The number of nitrogen functional groups attached to an aromatic ring is 1. The van der Waals surface area contributed by atoms with Crippen LogP contribution in [-0.2, 0) is 0 Å². The molecular formula is C12H24N6. The van der Waals surface area contributed by atoms with Gasteiger partial charge in [0.05, 0.1) is 0 Å². The fourth-order valence-corrected chi connectivity index (χ4v) is 1.90. The molecule has 0 saturated heterocycles. The average Bonchev–Trinajstić information content (AvgIpc) is 2.35. The number of nitrogens with zero attached hydrogens (tertiary/aromatic N) is 4. The molecule has 3 N–H and O–H groups in total. The van der Waals surface area contributed by atoms with Gasteiger partial charge in [0.25, 0.3) is 0 Å². The smallest absolute Gasteiger partial charge is 0.148 e. The minimum atomic E-state index is 0.686. The zero-order valence-corrected chi connectivity index (χ0v) is 11.8. The van der Waals surface area contributed by atoms with E-state index in [4.69, 9.17) is 5.84 Å². The topological polar surface area (TPSA) is 70.3 Å². The molecule has 1 aromatic heterocycles. The van der Waals surface area contributed by atoms with Crippen LogP contribution in [0.2, 0.25) is 0 Å². The summed E-state index contributed by atoms with van der Waals surface area (Å²) in [4.78, 5) is 12.9. The second-order valence-corrected chi connectivity index (χ2v) is 4.55. The molecule has 6 heteroatoms. The van der Waals surface area contributed by atoms with Crippen molar-refractivity contribution < 1.29 is 0 Å². The van der Waals surface area contributed by atoms with E-state index in [2.05, 4.69) is 46.2 Å². The quantitative estimate of drug-likeness (QED) is 0.554. The Bertz CT molecular complexity index is 366. The molecule has 0 unspecified atom stereocenters. The normalized spacial score (nSPS) is 10.8. The maximum Gasteiger partial charge on any atom is 0.148 e. The summed E-state index contributed by atoms with van der Waals surface area (Å²) in [5.41, 5.74) is 3.60. The number of hydrogen-bond acceptors (Lipinski definition) is 6. The summed E-state index contributed by atoms with van der Waals surface area (Å²) in [6.45, 7) is 7.10. The van der Waals surface area contributed by atoms with Crippen LogP contribution in [0.3, 0.4) is 0 Å². The zero-order valence-electron chi connectivity index (χ0n) is 11.8. The summed E-state index contributed by atoms with van der Waals surface area (Å²) >= 11 is 0. The van der Waals surface area contributed by atoms with Crippen molar-refractivity contribution in [3.05, 3.63) is 11.9 Å². The van der Waals surface area contributed by atoms with E-state index in [0.717, 1.165) is 37.4 Å². The summed E-state index contributed by atoms with van der Waals surface area (Å²) in [5, 5.41) is 0. The zero-order chi connectivity index (χ0) is 13.5. The first kappa shape index (κ1) is 14.7. The van der Waals surface area contributed by atoms with Crippen LogP contribution in [0, 0.1) is 6.92 Å². The largest absolute Gasteiger partial charge is 0.356 e. The fraction of sp³-hybridized carbons (Fsp3) is 0.667. The van der Waals surface area contributed by atoms with Crippen LogP contribution >= 0.6 is 0 Å². The number of aromatic nitrogens is 2. The highest BCUT2D eigenvalue weighted by atomic mass is 15.3. The van der Waals surface area contributed by atoms with E-state index in [9.17, 15) is 0 Å². The monoisotopic (exact) mass is 252 g/mol. The number of anilines is 2. The number of hydrogen-bond donors (Lipinski definition) is 2. The van der Waals surface area contributed by atoms with Crippen molar-refractivity contribution in [2.75, 3.05) is 44.1 Å². The third-order valence-corrected chi connectivity index (χ3v) is 2.91. The Morgan fingerprint density at radius 2 is 2.00 bits per heavy atom. The molecule has 1 rings (SSSR count). The van der Waals surface area contributed by atoms with Gasteiger partial charge in [-0.2, -0.15) is 0 Å². The van der Waals surface area contributed by atoms with Gasteiger partial charge in [0.15, 0.2) is 0 Å². The van der Waals surface area contributed by atoms with Crippen molar-refractivity contribution >= 4 is 11.6 Å². The van der Waals surface area contributed by atoms with Gasteiger partial charge < -0.3 is 15.2 Å². The minimum Gasteiger partial charge on any atom is -0.356 e. The van der Waals surface area contributed by atoms with Crippen molar-refractivity contribution in [3.63, 3.8) is 0 Å². The molecule has 1 aromatic rings. The second kappa shape index (κ2) is 7.13. The molecule has 1 heterocycles.